The van der Waals surface area contributed by atoms with E-state index in [0.717, 1.165) is 32.0 Å². The summed E-state index contributed by atoms with van der Waals surface area (Å²) in [4.78, 5) is 0. The predicted molar refractivity (Wildman–Crippen MR) is 60.9 cm³/mol. The second kappa shape index (κ2) is 7.29. The van der Waals surface area contributed by atoms with E-state index >= 15 is 0 Å². The maximum absolute atomic E-state index is 5.27. The number of tetrazole rings is 1. The highest BCUT2D eigenvalue weighted by molar-refractivity contribution is 4.80. The van der Waals surface area contributed by atoms with Crippen LogP contribution in [0.2, 0.25) is 0 Å². The molecule has 1 rings (SSSR count). The van der Waals surface area contributed by atoms with Gasteiger partial charge in [0.15, 0.2) is 5.82 Å². The molecule has 0 amide bonds. The van der Waals surface area contributed by atoms with Crippen LogP contribution in [0.1, 0.15) is 33.0 Å². The fourth-order valence-electron chi connectivity index (χ4n) is 1.28. The van der Waals surface area contributed by atoms with Crippen LogP contribution in [0.15, 0.2) is 0 Å². The van der Waals surface area contributed by atoms with Gasteiger partial charge in [0.05, 0.1) is 6.54 Å². The molecule has 1 N–H and O–H groups in total. The van der Waals surface area contributed by atoms with Gasteiger partial charge in [-0.15, -0.1) is 5.10 Å². The molecule has 1 aromatic heterocycles. The Hall–Kier alpha value is -1.01. The zero-order valence-electron chi connectivity index (χ0n) is 10.3. The molecule has 1 aromatic rings. The monoisotopic (exact) mass is 227 g/mol. The minimum Gasteiger partial charge on any atom is -0.382 e. The maximum Gasteiger partial charge on any atom is 0.165 e. The zero-order valence-corrected chi connectivity index (χ0v) is 10.3. The minimum absolute atomic E-state index is 0.438. The minimum atomic E-state index is 0.438. The molecule has 0 aliphatic heterocycles. The number of aromatic nitrogens is 4. The van der Waals surface area contributed by atoms with E-state index in [9.17, 15) is 0 Å². The van der Waals surface area contributed by atoms with Gasteiger partial charge in [0.1, 0.15) is 0 Å². The van der Waals surface area contributed by atoms with Crippen molar-refractivity contribution in [2.24, 2.45) is 0 Å². The van der Waals surface area contributed by atoms with Crippen molar-refractivity contribution < 1.29 is 4.74 Å². The summed E-state index contributed by atoms with van der Waals surface area (Å²) in [6.45, 7) is 9.23. The van der Waals surface area contributed by atoms with Crippen molar-refractivity contribution in [1.29, 1.82) is 0 Å². The Morgan fingerprint density at radius 2 is 2.25 bits per heavy atom. The predicted octanol–water partition coefficient (Wildman–Crippen LogP) is 0.598. The smallest absolute Gasteiger partial charge is 0.165 e. The quantitative estimate of drug-likeness (QED) is 0.659. The molecule has 0 aliphatic rings. The van der Waals surface area contributed by atoms with Gasteiger partial charge in [-0.1, -0.05) is 13.8 Å². The number of nitrogens with zero attached hydrogens (tertiary/aromatic N) is 4. The first-order chi connectivity index (χ1) is 7.74. The molecule has 6 nitrogen and oxygen atoms in total. The Bertz CT molecular complexity index is 286. The van der Waals surface area contributed by atoms with Crippen molar-refractivity contribution >= 4 is 0 Å². The van der Waals surface area contributed by atoms with E-state index in [4.69, 9.17) is 4.74 Å². The third-order valence-electron chi connectivity index (χ3n) is 2.14. The SMILES string of the molecule is CCOCCCn1nnnc1CNC(C)C. The number of aryl methyl sites for hydroxylation is 1. The van der Waals surface area contributed by atoms with Crippen LogP contribution in [0.25, 0.3) is 0 Å². The molecule has 0 bridgehead atoms. The van der Waals surface area contributed by atoms with Gasteiger partial charge in [-0.25, -0.2) is 4.68 Å². The highest BCUT2D eigenvalue weighted by atomic mass is 16.5. The van der Waals surface area contributed by atoms with E-state index < -0.39 is 0 Å². The lowest BCUT2D eigenvalue weighted by Crippen LogP contribution is -2.24. The van der Waals surface area contributed by atoms with Crippen LogP contribution >= 0.6 is 0 Å². The fourth-order valence-corrected chi connectivity index (χ4v) is 1.28. The second-order valence-electron chi connectivity index (χ2n) is 3.90. The first-order valence-electron chi connectivity index (χ1n) is 5.80. The third-order valence-corrected chi connectivity index (χ3v) is 2.14. The molecular formula is C10H21N5O. The number of hydrogen-bond donors (Lipinski definition) is 1. The molecule has 0 aliphatic carbocycles. The molecule has 0 saturated carbocycles. The molecule has 0 atom stereocenters. The summed E-state index contributed by atoms with van der Waals surface area (Å²) in [7, 11) is 0. The van der Waals surface area contributed by atoms with Gasteiger partial charge < -0.3 is 10.1 Å². The van der Waals surface area contributed by atoms with Crippen LogP contribution in [0, 0.1) is 0 Å². The van der Waals surface area contributed by atoms with Crippen molar-refractivity contribution in [2.75, 3.05) is 13.2 Å². The van der Waals surface area contributed by atoms with E-state index in [1.54, 1.807) is 0 Å². The topological polar surface area (TPSA) is 64.9 Å². The summed E-state index contributed by atoms with van der Waals surface area (Å²) < 4.78 is 7.10. The van der Waals surface area contributed by atoms with E-state index in [2.05, 4.69) is 34.7 Å². The number of ether oxygens (including phenoxy) is 1. The molecule has 0 aromatic carbocycles. The molecule has 6 heteroatoms. The standard InChI is InChI=1S/C10H21N5O/c1-4-16-7-5-6-15-10(12-13-14-15)8-11-9(2)3/h9,11H,4-8H2,1-3H3. The van der Waals surface area contributed by atoms with Crippen LogP contribution in [-0.2, 0) is 17.8 Å². The first kappa shape index (κ1) is 13.1. The number of nitrogens with one attached hydrogen (secondary N) is 1. The zero-order chi connectivity index (χ0) is 11.8. The number of rotatable bonds is 8. The van der Waals surface area contributed by atoms with Gasteiger partial charge in [0, 0.05) is 25.8 Å². The lowest BCUT2D eigenvalue weighted by Gasteiger charge is -2.08. The normalized spacial score (nSPS) is 11.2. The molecule has 0 spiro atoms. The average Bonchev–Trinajstić information content (AvgIpc) is 2.69. The van der Waals surface area contributed by atoms with Crippen molar-refractivity contribution in [1.82, 2.24) is 25.5 Å². The lowest BCUT2D eigenvalue weighted by molar-refractivity contribution is 0.140. The Morgan fingerprint density at radius 1 is 1.44 bits per heavy atom. The number of hydrogen-bond acceptors (Lipinski definition) is 5. The Morgan fingerprint density at radius 3 is 2.94 bits per heavy atom. The maximum atomic E-state index is 5.27. The van der Waals surface area contributed by atoms with Crippen molar-refractivity contribution in [3.63, 3.8) is 0 Å². The second-order valence-corrected chi connectivity index (χ2v) is 3.90. The third kappa shape index (κ3) is 4.67. The van der Waals surface area contributed by atoms with E-state index in [0.29, 0.717) is 12.6 Å². The molecule has 92 valence electrons. The van der Waals surface area contributed by atoms with Crippen LogP contribution in [0.5, 0.6) is 0 Å². The van der Waals surface area contributed by atoms with E-state index in [1.165, 1.54) is 0 Å². The van der Waals surface area contributed by atoms with Crippen molar-refractivity contribution in [2.45, 2.75) is 46.3 Å². The summed E-state index contributed by atoms with van der Waals surface area (Å²) in [6, 6.07) is 0.438. The fraction of sp³-hybridized carbons (Fsp3) is 0.900. The Kier molecular flexibility index (Phi) is 5.95. The van der Waals surface area contributed by atoms with E-state index in [-0.39, 0.29) is 0 Å². The summed E-state index contributed by atoms with van der Waals surface area (Å²) >= 11 is 0. The summed E-state index contributed by atoms with van der Waals surface area (Å²) in [5, 5.41) is 14.9. The first-order valence-corrected chi connectivity index (χ1v) is 5.80. The van der Waals surface area contributed by atoms with Crippen molar-refractivity contribution in [3.05, 3.63) is 5.82 Å². The molecule has 0 saturated heterocycles. The van der Waals surface area contributed by atoms with Gasteiger partial charge >= 0.3 is 0 Å². The largest absolute Gasteiger partial charge is 0.382 e. The van der Waals surface area contributed by atoms with Gasteiger partial charge in [0.2, 0.25) is 0 Å². The molecule has 0 fully saturated rings. The van der Waals surface area contributed by atoms with Crippen molar-refractivity contribution in [3.8, 4) is 0 Å². The van der Waals surface area contributed by atoms with Gasteiger partial charge in [-0.3, -0.25) is 0 Å². The van der Waals surface area contributed by atoms with Crippen LogP contribution < -0.4 is 5.32 Å². The van der Waals surface area contributed by atoms with Gasteiger partial charge in [-0.05, 0) is 23.8 Å². The highest BCUT2D eigenvalue weighted by Crippen LogP contribution is 1.95. The highest BCUT2D eigenvalue weighted by Gasteiger charge is 2.05. The van der Waals surface area contributed by atoms with Crippen LogP contribution in [0.3, 0.4) is 0 Å². The Balaban J connectivity index is 2.32. The molecular weight excluding hydrogens is 206 g/mol. The van der Waals surface area contributed by atoms with Gasteiger partial charge in [-0.2, -0.15) is 0 Å². The molecule has 0 unspecified atom stereocenters. The van der Waals surface area contributed by atoms with Gasteiger partial charge in [0.25, 0.3) is 0 Å². The van der Waals surface area contributed by atoms with Crippen LogP contribution in [-0.4, -0.2) is 39.5 Å². The summed E-state index contributed by atoms with van der Waals surface area (Å²) in [5.41, 5.74) is 0. The lowest BCUT2D eigenvalue weighted by atomic mass is 10.4. The Labute approximate surface area is 96.4 Å². The molecule has 0 radical (unpaired) electrons. The average molecular weight is 227 g/mol. The van der Waals surface area contributed by atoms with Crippen LogP contribution in [0.4, 0.5) is 0 Å². The molecule has 16 heavy (non-hydrogen) atoms. The van der Waals surface area contributed by atoms with E-state index in [1.807, 2.05) is 11.6 Å². The summed E-state index contributed by atoms with van der Waals surface area (Å²) in [5.74, 6) is 0.880. The molecule has 1 heterocycles. The summed E-state index contributed by atoms with van der Waals surface area (Å²) in [6.07, 6.45) is 0.938.